The molecule has 0 aromatic heterocycles. The molecule has 0 spiro atoms. The van der Waals surface area contributed by atoms with Crippen molar-refractivity contribution < 1.29 is 12.8 Å². The molecule has 1 fully saturated rings. The van der Waals surface area contributed by atoms with Crippen LogP contribution in [0.15, 0.2) is 23.1 Å². The Balaban J connectivity index is 2.34. The lowest BCUT2D eigenvalue weighted by molar-refractivity contribution is 0.458. The Morgan fingerprint density at radius 3 is 2.83 bits per heavy atom. The van der Waals surface area contributed by atoms with Crippen molar-refractivity contribution in [2.45, 2.75) is 18.2 Å². The standard InChI is InChI=1S/C12H17FN2O2S/c1-9-2-3-11(13)6-12(9)18(16,17)15-5-4-10(7-14)8-15/h2-3,6,10H,4-5,7-8,14H2,1H3. The van der Waals surface area contributed by atoms with Gasteiger partial charge in [0.2, 0.25) is 10.0 Å². The zero-order valence-corrected chi connectivity index (χ0v) is 11.1. The van der Waals surface area contributed by atoms with Gasteiger partial charge < -0.3 is 5.73 Å². The Kier molecular flexibility index (Phi) is 3.70. The van der Waals surface area contributed by atoms with E-state index in [-0.39, 0.29) is 10.8 Å². The third-order valence-corrected chi connectivity index (χ3v) is 5.36. The normalized spacial score (nSPS) is 21.4. The lowest BCUT2D eigenvalue weighted by Crippen LogP contribution is -2.30. The maximum atomic E-state index is 13.2. The lowest BCUT2D eigenvalue weighted by Gasteiger charge is -2.17. The van der Waals surface area contributed by atoms with E-state index in [0.717, 1.165) is 12.5 Å². The van der Waals surface area contributed by atoms with Gasteiger partial charge in [0.1, 0.15) is 5.82 Å². The van der Waals surface area contributed by atoms with Crippen molar-refractivity contribution in [1.82, 2.24) is 4.31 Å². The molecule has 1 aromatic carbocycles. The van der Waals surface area contributed by atoms with Crippen LogP contribution in [-0.2, 0) is 10.0 Å². The summed E-state index contributed by atoms with van der Waals surface area (Å²) in [4.78, 5) is 0.0557. The summed E-state index contributed by atoms with van der Waals surface area (Å²) in [5.74, 6) is -0.331. The first-order chi connectivity index (χ1) is 8.45. The fraction of sp³-hybridized carbons (Fsp3) is 0.500. The van der Waals surface area contributed by atoms with Gasteiger partial charge in [-0.05, 0) is 43.5 Å². The summed E-state index contributed by atoms with van der Waals surface area (Å²) in [6.07, 6.45) is 0.768. The topological polar surface area (TPSA) is 63.4 Å². The summed E-state index contributed by atoms with van der Waals surface area (Å²) in [6, 6.07) is 3.83. The van der Waals surface area contributed by atoms with Crippen LogP contribution < -0.4 is 5.73 Å². The number of nitrogens with two attached hydrogens (primary N) is 1. The van der Waals surface area contributed by atoms with Gasteiger partial charge >= 0.3 is 0 Å². The van der Waals surface area contributed by atoms with Gasteiger partial charge in [0.25, 0.3) is 0 Å². The van der Waals surface area contributed by atoms with E-state index in [1.54, 1.807) is 6.92 Å². The van der Waals surface area contributed by atoms with Crippen LogP contribution in [0.5, 0.6) is 0 Å². The van der Waals surface area contributed by atoms with Gasteiger partial charge in [-0.25, -0.2) is 12.8 Å². The average molecular weight is 272 g/mol. The minimum absolute atomic E-state index is 0.0557. The number of aryl methyl sites for hydroxylation is 1. The quantitative estimate of drug-likeness (QED) is 0.896. The van der Waals surface area contributed by atoms with E-state index in [1.807, 2.05) is 0 Å². The van der Waals surface area contributed by atoms with Crippen molar-refractivity contribution in [3.8, 4) is 0 Å². The largest absolute Gasteiger partial charge is 0.330 e. The van der Waals surface area contributed by atoms with Crippen LogP contribution in [0.1, 0.15) is 12.0 Å². The zero-order valence-electron chi connectivity index (χ0n) is 10.3. The Labute approximate surface area is 107 Å². The molecule has 2 rings (SSSR count). The molecule has 0 aliphatic carbocycles. The molecule has 0 bridgehead atoms. The maximum absolute atomic E-state index is 13.2. The van der Waals surface area contributed by atoms with Crippen molar-refractivity contribution in [2.24, 2.45) is 11.7 Å². The molecule has 0 saturated carbocycles. The molecule has 4 nitrogen and oxygen atoms in total. The zero-order chi connectivity index (χ0) is 13.3. The minimum Gasteiger partial charge on any atom is -0.330 e. The number of rotatable bonds is 3. The fourth-order valence-corrected chi connectivity index (χ4v) is 3.97. The highest BCUT2D eigenvalue weighted by Crippen LogP contribution is 2.26. The van der Waals surface area contributed by atoms with Crippen LogP contribution in [0.25, 0.3) is 0 Å². The summed E-state index contributed by atoms with van der Waals surface area (Å²) < 4.78 is 39.4. The van der Waals surface area contributed by atoms with Crippen LogP contribution in [-0.4, -0.2) is 32.4 Å². The molecule has 0 amide bonds. The molecule has 18 heavy (non-hydrogen) atoms. The molecule has 0 radical (unpaired) electrons. The smallest absolute Gasteiger partial charge is 0.243 e. The highest BCUT2D eigenvalue weighted by Gasteiger charge is 2.32. The van der Waals surface area contributed by atoms with Crippen molar-refractivity contribution in [2.75, 3.05) is 19.6 Å². The minimum atomic E-state index is -3.60. The summed E-state index contributed by atoms with van der Waals surface area (Å²) in [5, 5.41) is 0. The van der Waals surface area contributed by atoms with E-state index < -0.39 is 15.8 Å². The molecule has 1 aliphatic heterocycles. The van der Waals surface area contributed by atoms with E-state index in [9.17, 15) is 12.8 Å². The Morgan fingerprint density at radius 2 is 2.22 bits per heavy atom. The molecule has 1 saturated heterocycles. The number of sulfonamides is 1. The first-order valence-corrected chi connectivity index (χ1v) is 7.35. The van der Waals surface area contributed by atoms with Crippen molar-refractivity contribution in [3.63, 3.8) is 0 Å². The van der Waals surface area contributed by atoms with E-state index in [1.165, 1.54) is 16.4 Å². The van der Waals surface area contributed by atoms with Gasteiger partial charge in [0.05, 0.1) is 4.90 Å². The van der Waals surface area contributed by atoms with Gasteiger partial charge in [0, 0.05) is 13.1 Å². The Bertz CT molecular complexity index is 545. The van der Waals surface area contributed by atoms with Crippen LogP contribution in [0.2, 0.25) is 0 Å². The molecule has 2 N–H and O–H groups in total. The molecule has 1 aromatic rings. The first-order valence-electron chi connectivity index (χ1n) is 5.91. The monoisotopic (exact) mass is 272 g/mol. The predicted molar refractivity (Wildman–Crippen MR) is 67.1 cm³/mol. The summed E-state index contributed by atoms with van der Waals surface area (Å²) in [5.41, 5.74) is 6.11. The van der Waals surface area contributed by atoms with E-state index in [0.29, 0.717) is 25.2 Å². The second-order valence-corrected chi connectivity index (χ2v) is 6.57. The number of nitrogens with zero attached hydrogens (tertiary/aromatic N) is 1. The second kappa shape index (κ2) is 4.95. The van der Waals surface area contributed by atoms with E-state index in [2.05, 4.69) is 0 Å². The van der Waals surface area contributed by atoms with Crippen LogP contribution in [0, 0.1) is 18.7 Å². The van der Waals surface area contributed by atoms with Crippen molar-refractivity contribution in [1.29, 1.82) is 0 Å². The molecule has 100 valence electrons. The molecule has 1 unspecified atom stereocenters. The molecule has 1 atom stereocenters. The average Bonchev–Trinajstić information content (AvgIpc) is 2.81. The van der Waals surface area contributed by atoms with Gasteiger partial charge in [-0.15, -0.1) is 0 Å². The molecule has 1 aliphatic rings. The predicted octanol–water partition coefficient (Wildman–Crippen LogP) is 1.10. The van der Waals surface area contributed by atoms with Gasteiger partial charge in [-0.1, -0.05) is 6.07 Å². The van der Waals surface area contributed by atoms with Crippen LogP contribution in [0.3, 0.4) is 0 Å². The Morgan fingerprint density at radius 1 is 1.50 bits per heavy atom. The second-order valence-electron chi connectivity index (χ2n) is 4.66. The van der Waals surface area contributed by atoms with Gasteiger partial charge in [-0.3, -0.25) is 0 Å². The first kappa shape index (κ1) is 13.5. The van der Waals surface area contributed by atoms with E-state index in [4.69, 9.17) is 5.73 Å². The highest BCUT2D eigenvalue weighted by molar-refractivity contribution is 7.89. The van der Waals surface area contributed by atoms with Crippen LogP contribution in [0.4, 0.5) is 4.39 Å². The summed E-state index contributed by atoms with van der Waals surface area (Å²) >= 11 is 0. The molecular weight excluding hydrogens is 255 g/mol. The summed E-state index contributed by atoms with van der Waals surface area (Å²) in [7, 11) is -3.60. The number of hydrogen-bond acceptors (Lipinski definition) is 3. The highest BCUT2D eigenvalue weighted by atomic mass is 32.2. The molecular formula is C12H17FN2O2S. The molecule has 1 heterocycles. The molecule has 6 heteroatoms. The van der Waals surface area contributed by atoms with E-state index >= 15 is 0 Å². The Hall–Kier alpha value is -0.980. The fourth-order valence-electron chi connectivity index (χ4n) is 2.20. The third-order valence-electron chi connectivity index (χ3n) is 3.35. The maximum Gasteiger partial charge on any atom is 0.243 e. The summed E-state index contributed by atoms with van der Waals surface area (Å²) in [6.45, 7) is 3.03. The van der Waals surface area contributed by atoms with Crippen molar-refractivity contribution in [3.05, 3.63) is 29.6 Å². The number of benzene rings is 1. The van der Waals surface area contributed by atoms with Crippen LogP contribution >= 0.6 is 0 Å². The number of halogens is 1. The van der Waals surface area contributed by atoms with Gasteiger partial charge in [-0.2, -0.15) is 4.31 Å². The third kappa shape index (κ3) is 2.41. The number of hydrogen-bond donors (Lipinski definition) is 1. The SMILES string of the molecule is Cc1ccc(F)cc1S(=O)(=O)N1CCC(CN)C1. The lowest BCUT2D eigenvalue weighted by atomic mass is 10.1. The van der Waals surface area contributed by atoms with Crippen molar-refractivity contribution >= 4 is 10.0 Å². The van der Waals surface area contributed by atoms with Gasteiger partial charge in [0.15, 0.2) is 0 Å².